The first-order valence-corrected chi connectivity index (χ1v) is 6.53. The molecular weight excluding hydrogens is 367 g/mol. The Morgan fingerprint density at radius 3 is 2.61 bits per heavy atom. The average Bonchev–Trinajstić information content (AvgIpc) is 2.34. The van der Waals surface area contributed by atoms with Crippen molar-refractivity contribution in [1.82, 2.24) is 4.98 Å². The number of carbonyl (C=O) groups is 1. The van der Waals surface area contributed by atoms with Gasteiger partial charge in [0.2, 0.25) is 0 Å². The maximum atomic E-state index is 13.5. The van der Waals surface area contributed by atoms with Gasteiger partial charge in [-0.2, -0.15) is 0 Å². The second-order valence-electron chi connectivity index (χ2n) is 3.42. The molecule has 2 aromatic rings. The number of para-hydroxylation sites is 1. The van der Waals surface area contributed by atoms with Gasteiger partial charge in [0, 0.05) is 10.7 Å². The van der Waals surface area contributed by atoms with Gasteiger partial charge in [-0.05, 0) is 56.1 Å². The van der Waals surface area contributed by atoms with Crippen LogP contribution in [0.1, 0.15) is 10.4 Å². The number of aromatic nitrogens is 1. The lowest BCUT2D eigenvalue weighted by atomic mass is 10.2. The first-order valence-electron chi connectivity index (χ1n) is 4.95. The predicted molar refractivity (Wildman–Crippen MR) is 74.0 cm³/mol. The van der Waals surface area contributed by atoms with Gasteiger partial charge < -0.3 is 5.32 Å². The van der Waals surface area contributed by atoms with Crippen molar-refractivity contribution in [2.45, 2.75) is 0 Å². The molecule has 1 aromatic heterocycles. The quantitative estimate of drug-likeness (QED) is 0.808. The minimum absolute atomic E-state index is 0.116. The molecule has 0 unspecified atom stereocenters. The highest BCUT2D eigenvalue weighted by atomic mass is 79.9. The number of rotatable bonds is 2. The van der Waals surface area contributed by atoms with Crippen molar-refractivity contribution >= 4 is 43.5 Å². The largest absolute Gasteiger partial charge is 0.318 e. The summed E-state index contributed by atoms with van der Waals surface area (Å²) in [6.45, 7) is 0. The topological polar surface area (TPSA) is 42.0 Å². The molecule has 0 aliphatic rings. The summed E-state index contributed by atoms with van der Waals surface area (Å²) in [6.07, 6.45) is 1.41. The molecule has 0 fully saturated rings. The molecule has 0 spiro atoms. The van der Waals surface area contributed by atoms with E-state index in [1.807, 2.05) is 0 Å². The van der Waals surface area contributed by atoms with Crippen LogP contribution in [-0.2, 0) is 0 Å². The van der Waals surface area contributed by atoms with Crippen LogP contribution in [0.2, 0.25) is 0 Å². The van der Waals surface area contributed by atoms with E-state index in [-0.39, 0.29) is 5.69 Å². The molecule has 1 amide bonds. The molecule has 2 rings (SSSR count). The highest BCUT2D eigenvalue weighted by Gasteiger charge is 2.12. The SMILES string of the molecule is O=C(Nc1c(F)cccc1Br)c1ccc(Br)nc1. The van der Waals surface area contributed by atoms with E-state index >= 15 is 0 Å². The number of anilines is 1. The zero-order chi connectivity index (χ0) is 13.1. The number of nitrogens with one attached hydrogen (secondary N) is 1. The number of nitrogens with zero attached hydrogens (tertiary/aromatic N) is 1. The minimum Gasteiger partial charge on any atom is -0.318 e. The van der Waals surface area contributed by atoms with Crippen LogP contribution in [0.5, 0.6) is 0 Å². The summed E-state index contributed by atoms with van der Waals surface area (Å²) in [5, 5.41) is 2.50. The smallest absolute Gasteiger partial charge is 0.257 e. The molecule has 6 heteroatoms. The van der Waals surface area contributed by atoms with Gasteiger partial charge in [0.1, 0.15) is 10.4 Å². The van der Waals surface area contributed by atoms with Crippen LogP contribution in [0, 0.1) is 5.82 Å². The lowest BCUT2D eigenvalue weighted by Crippen LogP contribution is -2.13. The summed E-state index contributed by atoms with van der Waals surface area (Å²) < 4.78 is 14.6. The number of pyridine rings is 1. The van der Waals surface area contributed by atoms with Gasteiger partial charge in [-0.1, -0.05) is 6.07 Å². The number of amides is 1. The van der Waals surface area contributed by atoms with E-state index in [1.54, 1.807) is 24.3 Å². The molecule has 18 heavy (non-hydrogen) atoms. The Labute approximate surface area is 120 Å². The van der Waals surface area contributed by atoms with Crippen molar-refractivity contribution in [3.05, 3.63) is 57.0 Å². The molecule has 0 atom stereocenters. The van der Waals surface area contributed by atoms with Crippen LogP contribution >= 0.6 is 31.9 Å². The molecule has 0 saturated carbocycles. The Kier molecular flexibility index (Phi) is 4.08. The summed E-state index contributed by atoms with van der Waals surface area (Å²) in [5.41, 5.74) is 0.471. The number of hydrogen-bond acceptors (Lipinski definition) is 2. The minimum atomic E-state index is -0.497. The lowest BCUT2D eigenvalue weighted by Gasteiger charge is -2.08. The molecule has 0 saturated heterocycles. The standard InChI is InChI=1S/C12H7Br2FN2O/c13-8-2-1-3-9(15)11(8)17-12(18)7-4-5-10(14)16-6-7/h1-6H,(H,17,18). The zero-order valence-corrected chi connectivity index (χ0v) is 12.1. The van der Waals surface area contributed by atoms with E-state index in [0.717, 1.165) is 0 Å². The third kappa shape index (κ3) is 2.94. The molecule has 3 nitrogen and oxygen atoms in total. The summed E-state index contributed by atoms with van der Waals surface area (Å²) in [4.78, 5) is 15.8. The fraction of sp³-hybridized carbons (Fsp3) is 0. The molecule has 0 aliphatic carbocycles. The summed E-state index contributed by atoms with van der Waals surface area (Å²) >= 11 is 6.36. The van der Waals surface area contributed by atoms with Gasteiger partial charge in [-0.3, -0.25) is 4.79 Å². The highest BCUT2D eigenvalue weighted by molar-refractivity contribution is 9.10. The maximum absolute atomic E-state index is 13.5. The first-order chi connectivity index (χ1) is 8.58. The van der Waals surface area contributed by atoms with Crippen molar-refractivity contribution in [1.29, 1.82) is 0 Å². The Morgan fingerprint density at radius 2 is 2.00 bits per heavy atom. The molecule has 0 aliphatic heterocycles. The summed E-state index contributed by atoms with van der Waals surface area (Å²) in [5.74, 6) is -0.913. The number of benzene rings is 1. The molecule has 0 radical (unpaired) electrons. The van der Waals surface area contributed by atoms with Crippen LogP contribution in [-0.4, -0.2) is 10.9 Å². The van der Waals surface area contributed by atoms with Crippen LogP contribution in [0.25, 0.3) is 0 Å². The highest BCUT2D eigenvalue weighted by Crippen LogP contribution is 2.25. The van der Waals surface area contributed by atoms with Crippen LogP contribution in [0.4, 0.5) is 10.1 Å². The van der Waals surface area contributed by atoms with E-state index in [4.69, 9.17) is 0 Å². The van der Waals surface area contributed by atoms with Crippen molar-refractivity contribution in [3.8, 4) is 0 Å². The fourth-order valence-electron chi connectivity index (χ4n) is 1.31. The van der Waals surface area contributed by atoms with Gasteiger partial charge in [-0.25, -0.2) is 9.37 Å². The third-order valence-electron chi connectivity index (χ3n) is 2.19. The fourth-order valence-corrected chi connectivity index (χ4v) is 1.99. The van der Waals surface area contributed by atoms with Gasteiger partial charge in [0.05, 0.1) is 11.3 Å². The molecule has 1 heterocycles. The van der Waals surface area contributed by atoms with Crippen molar-refractivity contribution in [2.24, 2.45) is 0 Å². The summed E-state index contributed by atoms with van der Waals surface area (Å²) in [6, 6.07) is 7.72. The lowest BCUT2D eigenvalue weighted by molar-refractivity contribution is 0.102. The van der Waals surface area contributed by atoms with E-state index in [0.29, 0.717) is 14.6 Å². The average molecular weight is 374 g/mol. The summed E-state index contributed by atoms with van der Waals surface area (Å²) in [7, 11) is 0. The second kappa shape index (κ2) is 5.58. The van der Waals surface area contributed by atoms with Crippen LogP contribution in [0.3, 0.4) is 0 Å². The van der Waals surface area contributed by atoms with E-state index in [9.17, 15) is 9.18 Å². The van der Waals surface area contributed by atoms with Crippen LogP contribution < -0.4 is 5.32 Å². The molecule has 1 N–H and O–H groups in total. The van der Waals surface area contributed by atoms with Gasteiger partial charge in [-0.15, -0.1) is 0 Å². The third-order valence-corrected chi connectivity index (χ3v) is 3.32. The number of carbonyl (C=O) groups excluding carboxylic acids is 1. The van der Waals surface area contributed by atoms with Gasteiger partial charge in [0.25, 0.3) is 5.91 Å². The van der Waals surface area contributed by atoms with Crippen molar-refractivity contribution in [3.63, 3.8) is 0 Å². The van der Waals surface area contributed by atoms with Crippen molar-refractivity contribution in [2.75, 3.05) is 5.32 Å². The van der Waals surface area contributed by atoms with E-state index < -0.39 is 11.7 Å². The normalized spacial score (nSPS) is 10.2. The first kappa shape index (κ1) is 13.2. The predicted octanol–water partition coefficient (Wildman–Crippen LogP) is 4.00. The second-order valence-corrected chi connectivity index (χ2v) is 5.09. The Hall–Kier alpha value is -1.27. The van der Waals surface area contributed by atoms with Crippen molar-refractivity contribution < 1.29 is 9.18 Å². The molecule has 0 bridgehead atoms. The van der Waals surface area contributed by atoms with Gasteiger partial charge in [0.15, 0.2) is 0 Å². The Balaban J connectivity index is 2.24. The Bertz CT molecular complexity index is 567. The number of halogens is 3. The van der Waals surface area contributed by atoms with Crippen LogP contribution in [0.15, 0.2) is 45.6 Å². The Morgan fingerprint density at radius 1 is 1.22 bits per heavy atom. The molecule has 1 aromatic carbocycles. The molecule has 92 valence electrons. The number of hydrogen-bond donors (Lipinski definition) is 1. The van der Waals surface area contributed by atoms with Gasteiger partial charge >= 0.3 is 0 Å². The van der Waals surface area contributed by atoms with E-state index in [2.05, 4.69) is 42.2 Å². The van der Waals surface area contributed by atoms with E-state index in [1.165, 1.54) is 12.3 Å². The maximum Gasteiger partial charge on any atom is 0.257 e. The molecular formula is C12H7Br2FN2O. The monoisotopic (exact) mass is 372 g/mol. The zero-order valence-electron chi connectivity index (χ0n) is 8.95.